The van der Waals surface area contributed by atoms with E-state index >= 15 is 0 Å². The van der Waals surface area contributed by atoms with E-state index in [1.807, 2.05) is 55.4 Å². The third-order valence-corrected chi connectivity index (χ3v) is 14.7. The summed E-state index contributed by atoms with van der Waals surface area (Å²) in [6.07, 6.45) is 17.5. The van der Waals surface area contributed by atoms with E-state index in [-0.39, 0.29) is 23.4 Å². The highest BCUT2D eigenvalue weighted by atomic mass is 16.5. The molecule has 2 bridgehead atoms. The zero-order valence-electron chi connectivity index (χ0n) is 49.3. The molecule has 0 spiro atoms. The molecule has 0 aromatic carbocycles. The molecule has 4 saturated carbocycles. The van der Waals surface area contributed by atoms with E-state index < -0.39 is 5.60 Å². The highest BCUT2D eigenvalue weighted by Crippen LogP contribution is 2.58. The molecule has 62 heavy (non-hydrogen) atoms. The van der Waals surface area contributed by atoms with Gasteiger partial charge in [-0.2, -0.15) is 0 Å². The topological polar surface area (TPSA) is 66.8 Å². The highest BCUT2D eigenvalue weighted by Gasteiger charge is 2.47. The van der Waals surface area contributed by atoms with Crippen molar-refractivity contribution in [3.63, 3.8) is 0 Å². The highest BCUT2D eigenvalue weighted by molar-refractivity contribution is 5.75. The molecule has 4 nitrogen and oxygen atoms in total. The summed E-state index contributed by atoms with van der Waals surface area (Å²) in [4.78, 5) is 11.1. The van der Waals surface area contributed by atoms with Crippen LogP contribution in [-0.2, 0) is 9.53 Å². The van der Waals surface area contributed by atoms with Crippen molar-refractivity contribution < 1.29 is 19.7 Å². The molecule has 0 aromatic heterocycles. The number of hydrogen-bond donors (Lipinski definition) is 2. The molecule has 0 radical (unpaired) electrons. The smallest absolute Gasteiger partial charge is 0.311 e. The van der Waals surface area contributed by atoms with Crippen LogP contribution in [0.1, 0.15) is 285 Å². The van der Waals surface area contributed by atoms with Crippen molar-refractivity contribution in [3.8, 4) is 0 Å². The van der Waals surface area contributed by atoms with Crippen molar-refractivity contribution in [1.29, 1.82) is 0 Å². The van der Waals surface area contributed by atoms with E-state index in [2.05, 4.69) is 136 Å². The average molecular weight is 888 g/mol. The summed E-state index contributed by atoms with van der Waals surface area (Å²) in [6.45, 7) is 64.5. The Hall–Kier alpha value is -0.610. The van der Waals surface area contributed by atoms with E-state index in [9.17, 15) is 4.79 Å². The van der Waals surface area contributed by atoms with Crippen LogP contribution < -0.4 is 0 Å². The molecule has 0 aliphatic heterocycles. The van der Waals surface area contributed by atoms with Gasteiger partial charge in [0.1, 0.15) is 0 Å². The Morgan fingerprint density at radius 1 is 0.629 bits per heavy atom. The van der Waals surface area contributed by atoms with Crippen molar-refractivity contribution in [2.75, 3.05) is 13.7 Å². The van der Waals surface area contributed by atoms with Crippen LogP contribution in [0.15, 0.2) is 0 Å². The number of esters is 1. The van der Waals surface area contributed by atoms with Crippen LogP contribution in [0.2, 0.25) is 0 Å². The molecular formula is C58H126O4. The minimum atomic E-state index is -0.500. The lowest BCUT2D eigenvalue weighted by Crippen LogP contribution is -2.43. The lowest BCUT2D eigenvalue weighted by Gasteiger charge is -2.54. The van der Waals surface area contributed by atoms with Gasteiger partial charge in [0, 0.05) is 6.61 Å². The molecule has 0 heterocycles. The fourth-order valence-electron chi connectivity index (χ4n) is 6.82. The third-order valence-electron chi connectivity index (χ3n) is 14.7. The van der Waals surface area contributed by atoms with E-state index in [0.29, 0.717) is 28.1 Å². The first-order chi connectivity index (χ1) is 27.7. The predicted molar refractivity (Wildman–Crippen MR) is 284 cm³/mol. The van der Waals surface area contributed by atoms with Gasteiger partial charge in [-0.3, -0.25) is 4.79 Å². The molecule has 0 atom stereocenters. The van der Waals surface area contributed by atoms with Gasteiger partial charge in [-0.25, -0.2) is 0 Å². The second-order valence-electron chi connectivity index (χ2n) is 25.5. The summed E-state index contributed by atoms with van der Waals surface area (Å²) in [7, 11) is 1.42. The van der Waals surface area contributed by atoms with Crippen LogP contribution >= 0.6 is 0 Å². The molecule has 382 valence electrons. The van der Waals surface area contributed by atoms with Crippen molar-refractivity contribution in [2.45, 2.75) is 290 Å². The summed E-state index contributed by atoms with van der Waals surface area (Å²) in [5.74, 6) is 3.51. The predicted octanol–water partition coefficient (Wildman–Crippen LogP) is 19.1. The lowest BCUT2D eigenvalue weighted by molar-refractivity contribution is -0.153. The van der Waals surface area contributed by atoms with Crippen molar-refractivity contribution in [3.05, 3.63) is 0 Å². The van der Waals surface area contributed by atoms with Gasteiger partial charge in [-0.05, 0) is 154 Å². The quantitative estimate of drug-likeness (QED) is 0.238. The second-order valence-corrected chi connectivity index (χ2v) is 25.5. The average Bonchev–Trinajstić information content (AvgIpc) is 3.15. The van der Waals surface area contributed by atoms with Crippen LogP contribution in [0.4, 0.5) is 0 Å². The van der Waals surface area contributed by atoms with Gasteiger partial charge in [0.05, 0.1) is 18.1 Å². The Morgan fingerprint density at radius 3 is 1.03 bits per heavy atom. The first kappa shape index (κ1) is 73.0. The van der Waals surface area contributed by atoms with E-state index in [4.69, 9.17) is 10.2 Å². The third kappa shape index (κ3) is 36.6. The van der Waals surface area contributed by atoms with E-state index in [0.717, 1.165) is 28.6 Å². The van der Waals surface area contributed by atoms with E-state index in [1.54, 1.807) is 20.8 Å². The molecule has 4 heteroatoms. The molecule has 0 unspecified atom stereocenters. The summed E-state index contributed by atoms with van der Waals surface area (Å²) in [5.41, 5.74) is 2.35. The van der Waals surface area contributed by atoms with Crippen LogP contribution in [0.5, 0.6) is 0 Å². The molecule has 0 aromatic rings. The van der Waals surface area contributed by atoms with Crippen molar-refractivity contribution in [1.82, 2.24) is 0 Å². The second kappa shape index (κ2) is 33.8. The van der Waals surface area contributed by atoms with E-state index in [1.165, 1.54) is 84.2 Å². The number of methoxy groups -OCH3 is 1. The first-order valence-corrected chi connectivity index (χ1v) is 26.1. The number of carbonyl (C=O) groups excluding carboxylic acids is 1. The maximum absolute atomic E-state index is 11.1. The van der Waals surface area contributed by atoms with Gasteiger partial charge < -0.3 is 14.9 Å². The normalized spacial score (nSPS) is 19.1. The van der Waals surface area contributed by atoms with Gasteiger partial charge in [0.2, 0.25) is 0 Å². The van der Waals surface area contributed by atoms with Gasteiger partial charge in [-0.15, -0.1) is 0 Å². The zero-order valence-corrected chi connectivity index (χ0v) is 49.3. The molecule has 4 rings (SSSR count). The first-order valence-electron chi connectivity index (χ1n) is 26.1. The number of rotatable bonds is 8. The number of ether oxygens (including phenoxy) is 1. The van der Waals surface area contributed by atoms with Crippen LogP contribution in [0.3, 0.4) is 0 Å². The molecule has 4 aliphatic rings. The SMILES string of the molecule is CC.CC.CC(C)(C)C12CCC(CC1)CC2.CC(C)(C)O.CC(C)C(C)(C)CO.CC(C)CC(C)(C)C.CCC(C)(C)C(C)C.CCC1(C)CCC1.COC(=O)C(C)(C)C(C)C. The van der Waals surface area contributed by atoms with Gasteiger partial charge in [-0.1, -0.05) is 192 Å². The fourth-order valence-corrected chi connectivity index (χ4v) is 6.82. The number of aliphatic hydroxyl groups is 2. The van der Waals surface area contributed by atoms with Crippen molar-refractivity contribution >= 4 is 5.97 Å². The Kier molecular flexibility index (Phi) is 39.8. The largest absolute Gasteiger partial charge is 0.469 e. The monoisotopic (exact) mass is 887 g/mol. The van der Waals surface area contributed by atoms with Gasteiger partial charge >= 0.3 is 5.97 Å². The maximum atomic E-state index is 11.1. The molecule has 4 aliphatic carbocycles. The zero-order chi connectivity index (χ0) is 51.4. The maximum Gasteiger partial charge on any atom is 0.311 e. The summed E-state index contributed by atoms with van der Waals surface area (Å²) < 4.78 is 4.64. The van der Waals surface area contributed by atoms with Crippen LogP contribution in [0.25, 0.3) is 0 Å². The fraction of sp³-hybridized carbons (Fsp3) is 0.983. The van der Waals surface area contributed by atoms with Gasteiger partial charge in [0.15, 0.2) is 0 Å². The summed E-state index contributed by atoms with van der Waals surface area (Å²) in [5, 5.41) is 17.3. The van der Waals surface area contributed by atoms with Crippen molar-refractivity contribution in [2.24, 2.45) is 67.5 Å². The molecule has 0 amide bonds. The lowest BCUT2D eigenvalue weighted by atomic mass is 9.51. The summed E-state index contributed by atoms with van der Waals surface area (Å²) in [6, 6.07) is 0. The number of aliphatic hydroxyl groups excluding tert-OH is 1. The van der Waals surface area contributed by atoms with Crippen LogP contribution in [-0.4, -0.2) is 35.5 Å². The molecule has 4 fully saturated rings. The molecule has 2 N–H and O–H groups in total. The standard InChI is InChI=1S/C12H22.C8H16O2.2C8H18.C7H16O.C7H14.C4H10O.2C2H6/c1-11(2,3)12-7-4-10(5-8-12)6-9-12;1-6(2)8(3,4)7(9)10-5;1-7(2)6-8(3,4)5;1-6-8(4,5)7(2)3;1-6(2)7(3,4)5-8;1-3-7(2)5-4-6-7;1-4(2,3)5;2*1-2/h10H,4-9H2,1-3H3;6H,1-5H3;2*7H,6H2,1-5H3;6,8H,5H2,1-4H3;3-6H2,1-2H3;5H,1-3H3;2*1-2H3. The number of hydrogen-bond acceptors (Lipinski definition) is 4. The molecular weight excluding hydrogens is 761 g/mol. The summed E-state index contributed by atoms with van der Waals surface area (Å²) >= 11 is 0. The minimum Gasteiger partial charge on any atom is -0.469 e. The van der Waals surface area contributed by atoms with Crippen LogP contribution in [0, 0.1) is 67.5 Å². The van der Waals surface area contributed by atoms with Gasteiger partial charge in [0.25, 0.3) is 0 Å². The minimum absolute atomic E-state index is 0.0972. The molecule has 0 saturated heterocycles. The number of carbonyl (C=O) groups is 1. The Morgan fingerprint density at radius 2 is 0.968 bits per heavy atom. The Labute approximate surface area is 395 Å². The number of fused-ring (bicyclic) bond motifs is 3. The Balaban J connectivity index is -0.000000147. The Bertz CT molecular complexity index is 966.